The molecule has 1 aliphatic heterocycles. The average molecular weight is 315 g/mol. The summed E-state index contributed by atoms with van der Waals surface area (Å²) in [7, 11) is -3.04. The third-order valence-corrected chi connectivity index (χ3v) is 5.96. The van der Waals surface area contributed by atoms with Crippen molar-refractivity contribution in [2.24, 2.45) is 5.92 Å². The van der Waals surface area contributed by atoms with Crippen molar-refractivity contribution >= 4 is 21.2 Å². The molecular formula is C10H12F3NO3S2. The maximum atomic E-state index is 12.4. The van der Waals surface area contributed by atoms with Crippen LogP contribution >= 0.6 is 11.3 Å². The van der Waals surface area contributed by atoms with Gasteiger partial charge in [-0.25, -0.2) is 13.4 Å². The standard InChI is InChI=1S/C10H12F3NO3S2/c11-10(12,13)9-14-4-8(18-9)7(15)3-6-1-2-19(16,17)5-6/h4,6-7,15H,1-3,5H2. The summed E-state index contributed by atoms with van der Waals surface area (Å²) in [5.41, 5.74) is 0. The third kappa shape index (κ3) is 3.67. The van der Waals surface area contributed by atoms with Crippen LogP contribution in [-0.4, -0.2) is 30.0 Å². The molecule has 1 N–H and O–H groups in total. The molecule has 2 unspecified atom stereocenters. The monoisotopic (exact) mass is 315 g/mol. The van der Waals surface area contributed by atoms with Gasteiger partial charge in [0, 0.05) is 6.20 Å². The molecule has 2 heterocycles. The number of sulfone groups is 1. The molecule has 2 rings (SSSR count). The molecule has 19 heavy (non-hydrogen) atoms. The maximum Gasteiger partial charge on any atom is 0.443 e. The predicted octanol–water partition coefficient (Wildman–Crippen LogP) is 2.02. The van der Waals surface area contributed by atoms with Gasteiger partial charge in [0.2, 0.25) is 0 Å². The number of rotatable bonds is 3. The van der Waals surface area contributed by atoms with Gasteiger partial charge in [-0.2, -0.15) is 13.2 Å². The highest BCUT2D eigenvalue weighted by molar-refractivity contribution is 7.91. The number of alkyl halides is 3. The molecule has 1 aliphatic rings. The molecular weight excluding hydrogens is 303 g/mol. The molecule has 1 aromatic rings. The number of aliphatic hydroxyl groups excluding tert-OH is 1. The third-order valence-electron chi connectivity index (χ3n) is 2.98. The first-order valence-corrected chi connectivity index (χ1v) is 8.22. The van der Waals surface area contributed by atoms with Crippen LogP contribution in [0.3, 0.4) is 0 Å². The first kappa shape index (κ1) is 14.7. The molecule has 1 saturated heterocycles. The quantitative estimate of drug-likeness (QED) is 0.926. The number of thiazole rings is 1. The second-order valence-electron chi connectivity index (χ2n) is 4.59. The SMILES string of the molecule is O=S1(=O)CCC(CC(O)c2cnc(C(F)(F)F)s2)C1. The molecule has 0 bridgehead atoms. The van der Waals surface area contributed by atoms with Gasteiger partial charge in [0.05, 0.1) is 22.5 Å². The van der Waals surface area contributed by atoms with E-state index in [9.17, 15) is 26.7 Å². The van der Waals surface area contributed by atoms with Crippen LogP contribution < -0.4 is 0 Å². The van der Waals surface area contributed by atoms with Crippen molar-refractivity contribution in [1.29, 1.82) is 0 Å². The summed E-state index contributed by atoms with van der Waals surface area (Å²) in [6.45, 7) is 0. The Morgan fingerprint density at radius 1 is 1.53 bits per heavy atom. The molecule has 0 amide bonds. The van der Waals surface area contributed by atoms with Gasteiger partial charge in [0.15, 0.2) is 14.8 Å². The largest absolute Gasteiger partial charge is 0.443 e. The van der Waals surface area contributed by atoms with Crippen molar-refractivity contribution in [3.8, 4) is 0 Å². The van der Waals surface area contributed by atoms with Gasteiger partial charge in [-0.3, -0.25) is 0 Å². The Morgan fingerprint density at radius 2 is 2.21 bits per heavy atom. The molecule has 108 valence electrons. The molecule has 0 aliphatic carbocycles. The lowest BCUT2D eigenvalue weighted by molar-refractivity contribution is -0.137. The number of hydrogen-bond acceptors (Lipinski definition) is 5. The Kier molecular flexibility index (Phi) is 3.90. The Morgan fingerprint density at radius 3 is 2.68 bits per heavy atom. The van der Waals surface area contributed by atoms with Crippen molar-refractivity contribution in [3.05, 3.63) is 16.1 Å². The number of halogens is 3. The van der Waals surface area contributed by atoms with E-state index < -0.39 is 27.1 Å². The molecule has 1 fully saturated rings. The van der Waals surface area contributed by atoms with Gasteiger partial charge in [-0.1, -0.05) is 0 Å². The lowest BCUT2D eigenvalue weighted by Gasteiger charge is -2.12. The highest BCUT2D eigenvalue weighted by atomic mass is 32.2. The van der Waals surface area contributed by atoms with Crippen LogP contribution in [0.1, 0.15) is 28.8 Å². The molecule has 4 nitrogen and oxygen atoms in total. The van der Waals surface area contributed by atoms with Crippen molar-refractivity contribution in [1.82, 2.24) is 4.98 Å². The van der Waals surface area contributed by atoms with Crippen LogP contribution in [-0.2, 0) is 16.0 Å². The van der Waals surface area contributed by atoms with E-state index in [1.165, 1.54) is 0 Å². The molecule has 9 heteroatoms. The van der Waals surface area contributed by atoms with Crippen molar-refractivity contribution in [2.45, 2.75) is 25.1 Å². The molecule has 0 aromatic carbocycles. The zero-order valence-corrected chi connectivity index (χ0v) is 11.4. The summed E-state index contributed by atoms with van der Waals surface area (Å²) in [6, 6.07) is 0. The first-order chi connectivity index (χ1) is 8.67. The second-order valence-corrected chi connectivity index (χ2v) is 7.88. The molecule has 2 atom stereocenters. The fraction of sp³-hybridized carbons (Fsp3) is 0.700. The van der Waals surface area contributed by atoms with E-state index in [-0.39, 0.29) is 28.7 Å². The minimum absolute atomic E-state index is 0.00497. The van der Waals surface area contributed by atoms with Gasteiger partial charge in [-0.05, 0) is 18.8 Å². The molecule has 0 saturated carbocycles. The lowest BCUT2D eigenvalue weighted by atomic mass is 10.0. The summed E-state index contributed by atoms with van der Waals surface area (Å²) >= 11 is 0.396. The highest BCUT2D eigenvalue weighted by Gasteiger charge is 2.36. The van der Waals surface area contributed by atoms with Gasteiger partial charge in [-0.15, -0.1) is 11.3 Å². The topological polar surface area (TPSA) is 67.3 Å². The van der Waals surface area contributed by atoms with E-state index in [1.54, 1.807) is 0 Å². The van der Waals surface area contributed by atoms with Crippen LogP contribution in [0.5, 0.6) is 0 Å². The fourth-order valence-electron chi connectivity index (χ4n) is 2.06. The van der Waals surface area contributed by atoms with Gasteiger partial charge in [0.1, 0.15) is 0 Å². The molecule has 0 spiro atoms. The van der Waals surface area contributed by atoms with Crippen LogP contribution in [0.2, 0.25) is 0 Å². The van der Waals surface area contributed by atoms with Gasteiger partial charge < -0.3 is 5.11 Å². The second kappa shape index (κ2) is 5.02. The summed E-state index contributed by atoms with van der Waals surface area (Å²) in [5.74, 6) is -0.119. The van der Waals surface area contributed by atoms with Crippen molar-refractivity contribution < 1.29 is 26.7 Å². The zero-order valence-electron chi connectivity index (χ0n) is 9.72. The van der Waals surface area contributed by atoms with Crippen molar-refractivity contribution in [3.63, 3.8) is 0 Å². The summed E-state index contributed by atoms with van der Waals surface area (Å²) in [5, 5.41) is 8.84. The Labute approximate surface area is 112 Å². The number of nitrogens with zero attached hydrogens (tertiary/aromatic N) is 1. The van der Waals surface area contributed by atoms with Gasteiger partial charge in [0.25, 0.3) is 0 Å². The van der Waals surface area contributed by atoms with Crippen molar-refractivity contribution in [2.75, 3.05) is 11.5 Å². The van der Waals surface area contributed by atoms with E-state index in [2.05, 4.69) is 4.98 Å². The van der Waals surface area contributed by atoms with E-state index in [1.807, 2.05) is 0 Å². The van der Waals surface area contributed by atoms with E-state index in [4.69, 9.17) is 0 Å². The minimum atomic E-state index is -4.51. The van der Waals surface area contributed by atoms with Gasteiger partial charge >= 0.3 is 6.18 Å². The van der Waals surface area contributed by atoms with E-state index >= 15 is 0 Å². The van der Waals surface area contributed by atoms with Crippen LogP contribution in [0.25, 0.3) is 0 Å². The lowest BCUT2D eigenvalue weighted by Crippen LogP contribution is -2.08. The van der Waals surface area contributed by atoms with E-state index in [0.29, 0.717) is 17.8 Å². The zero-order chi connectivity index (χ0) is 14.3. The normalized spacial score (nSPS) is 24.5. The summed E-state index contributed by atoms with van der Waals surface area (Å²) in [6.07, 6.45) is -4.00. The van der Waals surface area contributed by atoms with E-state index in [0.717, 1.165) is 6.20 Å². The maximum absolute atomic E-state index is 12.4. The Bertz CT molecular complexity index is 553. The summed E-state index contributed by atoms with van der Waals surface area (Å²) in [4.78, 5) is 3.35. The Hall–Kier alpha value is -0.670. The number of aromatic nitrogens is 1. The number of aliphatic hydroxyl groups is 1. The molecule has 1 aromatic heterocycles. The fourth-order valence-corrected chi connectivity index (χ4v) is 4.72. The smallest absolute Gasteiger partial charge is 0.388 e. The highest BCUT2D eigenvalue weighted by Crippen LogP contribution is 2.36. The molecule has 0 radical (unpaired) electrons. The summed E-state index contributed by atoms with van der Waals surface area (Å²) < 4.78 is 59.6. The predicted molar refractivity (Wildman–Crippen MR) is 63.5 cm³/mol. The van der Waals surface area contributed by atoms with Crippen LogP contribution in [0.4, 0.5) is 13.2 Å². The van der Waals surface area contributed by atoms with Crippen LogP contribution in [0, 0.1) is 5.92 Å². The Balaban J connectivity index is 2.01. The number of hydrogen-bond donors (Lipinski definition) is 1. The average Bonchev–Trinajstić information content (AvgIpc) is 2.84. The minimum Gasteiger partial charge on any atom is -0.388 e. The first-order valence-electron chi connectivity index (χ1n) is 5.59. The van der Waals surface area contributed by atoms with Crippen LogP contribution in [0.15, 0.2) is 6.20 Å².